The minimum Gasteiger partial charge on any atom is -0.760 e. The van der Waals surface area contributed by atoms with Crippen LogP contribution in [0.15, 0.2) is 79.1 Å². The topological polar surface area (TPSA) is 99.4 Å². The van der Waals surface area contributed by atoms with Gasteiger partial charge in [0, 0.05) is 42.2 Å². The van der Waals surface area contributed by atoms with E-state index in [0.29, 0.717) is 30.9 Å². The second kappa shape index (κ2) is 10.9. The fraction of sp³-hybridized carbons (Fsp3) is 0.321. The molecule has 190 valence electrons. The summed E-state index contributed by atoms with van der Waals surface area (Å²) in [6.45, 7) is 6.39. The summed E-state index contributed by atoms with van der Waals surface area (Å²) in [7, 11) is 0. The van der Waals surface area contributed by atoms with Gasteiger partial charge in [0.2, 0.25) is 0 Å². The molecule has 2 unspecified atom stereocenters. The zero-order chi connectivity index (χ0) is 25.8. The lowest BCUT2D eigenvalue weighted by Crippen LogP contribution is -2.48. The quantitative estimate of drug-likeness (QED) is 0.312. The zero-order valence-corrected chi connectivity index (χ0v) is 21.6. The van der Waals surface area contributed by atoms with Crippen molar-refractivity contribution in [2.45, 2.75) is 39.3 Å². The van der Waals surface area contributed by atoms with E-state index in [1.165, 1.54) is 10.8 Å². The van der Waals surface area contributed by atoms with Crippen LogP contribution in [0.5, 0.6) is 5.75 Å². The molecule has 7 nitrogen and oxygen atoms in total. The maximum absolute atomic E-state index is 11.8. The van der Waals surface area contributed by atoms with Crippen LogP contribution in [0.4, 0.5) is 0 Å². The highest BCUT2D eigenvalue weighted by Crippen LogP contribution is 2.43. The summed E-state index contributed by atoms with van der Waals surface area (Å²) < 4.78 is 33.0. The Hall–Kier alpha value is -3.04. The van der Waals surface area contributed by atoms with E-state index in [9.17, 15) is 13.9 Å². The molecule has 0 saturated heterocycles. The molecule has 4 rings (SSSR count). The van der Waals surface area contributed by atoms with Crippen molar-refractivity contribution in [2.75, 3.05) is 13.2 Å². The van der Waals surface area contributed by atoms with Crippen LogP contribution < -0.4 is 9.46 Å². The van der Waals surface area contributed by atoms with Crippen LogP contribution in [0.3, 0.4) is 0 Å². The predicted molar refractivity (Wildman–Crippen MR) is 141 cm³/mol. The van der Waals surface area contributed by atoms with E-state index in [0.717, 1.165) is 11.1 Å². The van der Waals surface area contributed by atoms with Gasteiger partial charge in [0.15, 0.2) is 0 Å². The van der Waals surface area contributed by atoms with Gasteiger partial charge in [0.25, 0.3) is 0 Å². The van der Waals surface area contributed by atoms with Gasteiger partial charge < -0.3 is 14.4 Å². The monoisotopic (exact) mass is 506 g/mol. The van der Waals surface area contributed by atoms with E-state index < -0.39 is 22.3 Å². The van der Waals surface area contributed by atoms with Crippen LogP contribution >= 0.6 is 0 Å². The maximum Gasteiger partial charge on any atom is 0.125 e. The Morgan fingerprint density at radius 1 is 1.03 bits per heavy atom. The Morgan fingerprint density at radius 3 is 2.47 bits per heavy atom. The first-order valence-corrected chi connectivity index (χ1v) is 13.0. The van der Waals surface area contributed by atoms with Gasteiger partial charge in [-0.2, -0.15) is 5.10 Å². The van der Waals surface area contributed by atoms with Crippen molar-refractivity contribution in [1.29, 1.82) is 0 Å². The molecule has 0 aliphatic carbocycles. The number of aromatic nitrogens is 2. The summed E-state index contributed by atoms with van der Waals surface area (Å²) in [5.41, 5.74) is 0.461. The smallest absolute Gasteiger partial charge is 0.125 e. The third kappa shape index (κ3) is 6.02. The first kappa shape index (κ1) is 26.0. The van der Waals surface area contributed by atoms with Crippen molar-refractivity contribution in [1.82, 2.24) is 14.5 Å². The van der Waals surface area contributed by atoms with Gasteiger partial charge in [-0.25, -0.2) is 4.72 Å². The van der Waals surface area contributed by atoms with Gasteiger partial charge in [-0.15, -0.1) is 0 Å². The highest BCUT2D eigenvalue weighted by atomic mass is 32.2. The van der Waals surface area contributed by atoms with E-state index >= 15 is 0 Å². The normalized spacial score (nSPS) is 14.5. The molecule has 2 atom stereocenters. The fourth-order valence-electron chi connectivity index (χ4n) is 4.31. The van der Waals surface area contributed by atoms with Crippen molar-refractivity contribution in [3.8, 4) is 5.75 Å². The number of rotatable bonds is 10. The lowest BCUT2D eigenvalue weighted by Gasteiger charge is -2.42. The Labute approximate surface area is 214 Å². The highest BCUT2D eigenvalue weighted by Gasteiger charge is 2.43. The number of fused-ring (bicyclic) bond motifs is 1. The predicted octanol–water partition coefficient (Wildman–Crippen LogP) is 4.32. The lowest BCUT2D eigenvalue weighted by atomic mass is 9.71. The molecule has 1 heterocycles. The van der Waals surface area contributed by atoms with E-state index in [1.807, 2.05) is 68.0 Å². The van der Waals surface area contributed by atoms with Crippen molar-refractivity contribution in [3.05, 3.63) is 95.8 Å². The van der Waals surface area contributed by atoms with E-state index in [1.54, 1.807) is 6.20 Å². The SMILES string of the molecule is CC(C)(C)C(O)(CNS(=O)[O-])c1ccc(Cn2cccn2)cc1OCCc1ccc2ccccc2c1. The van der Waals surface area contributed by atoms with Crippen LogP contribution in [-0.2, 0) is 29.8 Å². The molecule has 0 fully saturated rings. The van der Waals surface area contributed by atoms with Gasteiger partial charge in [-0.1, -0.05) is 75.4 Å². The van der Waals surface area contributed by atoms with E-state index in [2.05, 4.69) is 40.2 Å². The summed E-state index contributed by atoms with van der Waals surface area (Å²) in [5, 5.41) is 18.4. The molecule has 3 aromatic carbocycles. The number of nitrogens with one attached hydrogen (secondary N) is 1. The van der Waals surface area contributed by atoms with Crippen molar-refractivity contribution < 1.29 is 18.6 Å². The molecular formula is C28H32N3O4S-. The fourth-order valence-corrected chi connectivity index (χ4v) is 4.63. The van der Waals surface area contributed by atoms with Gasteiger partial charge in [-0.05, 0) is 39.4 Å². The molecule has 2 N–H and O–H groups in total. The Kier molecular flexibility index (Phi) is 7.90. The number of hydrogen-bond donors (Lipinski definition) is 2. The van der Waals surface area contributed by atoms with E-state index in [-0.39, 0.29) is 6.54 Å². The van der Waals surface area contributed by atoms with Crippen molar-refractivity contribution in [2.24, 2.45) is 5.41 Å². The molecule has 36 heavy (non-hydrogen) atoms. The van der Waals surface area contributed by atoms with Crippen LogP contribution in [0.1, 0.15) is 37.5 Å². The molecule has 0 radical (unpaired) electrons. The molecule has 1 aromatic heterocycles. The first-order valence-electron chi connectivity index (χ1n) is 11.9. The molecule has 0 saturated carbocycles. The van der Waals surface area contributed by atoms with Crippen LogP contribution in [0, 0.1) is 5.41 Å². The molecule has 8 heteroatoms. The average Bonchev–Trinajstić information content (AvgIpc) is 3.35. The molecular weight excluding hydrogens is 474 g/mol. The molecule has 0 aliphatic heterocycles. The number of benzene rings is 3. The zero-order valence-electron chi connectivity index (χ0n) is 20.8. The molecule has 4 aromatic rings. The average molecular weight is 507 g/mol. The Balaban J connectivity index is 1.62. The van der Waals surface area contributed by atoms with Crippen molar-refractivity contribution in [3.63, 3.8) is 0 Å². The Bertz CT molecular complexity index is 1330. The second-order valence-electron chi connectivity index (χ2n) is 9.98. The number of hydrogen-bond acceptors (Lipinski definition) is 5. The van der Waals surface area contributed by atoms with Crippen LogP contribution in [0.25, 0.3) is 10.8 Å². The van der Waals surface area contributed by atoms with E-state index in [4.69, 9.17) is 4.74 Å². The van der Waals surface area contributed by atoms with Crippen LogP contribution in [0.2, 0.25) is 0 Å². The molecule has 0 bridgehead atoms. The highest BCUT2D eigenvalue weighted by molar-refractivity contribution is 7.77. The standard InChI is InChI=1S/C28H33N3O4S/c1-27(2,3)28(32,20-30-36(33)34)25-12-10-22(19-31-15-6-14-29-31)18-26(25)35-16-13-21-9-11-23-7-4-5-8-24(23)17-21/h4-12,14-15,17-18,30,32H,13,16,19-20H2,1-3H3,(H,33,34)/p-1. The number of aliphatic hydroxyl groups is 1. The molecule has 0 aliphatic rings. The maximum atomic E-state index is 11.8. The second-order valence-corrected chi connectivity index (χ2v) is 10.7. The van der Waals surface area contributed by atoms with Gasteiger partial charge >= 0.3 is 0 Å². The first-order chi connectivity index (χ1) is 17.2. The number of ether oxygens (including phenoxy) is 1. The van der Waals surface area contributed by atoms with Gasteiger partial charge in [0.05, 0.1) is 13.2 Å². The van der Waals surface area contributed by atoms with Crippen molar-refractivity contribution >= 4 is 22.0 Å². The third-order valence-electron chi connectivity index (χ3n) is 6.54. The summed E-state index contributed by atoms with van der Waals surface area (Å²) in [6.07, 6.45) is 4.29. The molecule has 0 amide bonds. The molecule has 0 spiro atoms. The Morgan fingerprint density at radius 2 is 1.78 bits per heavy atom. The minimum atomic E-state index is -2.51. The van der Waals surface area contributed by atoms with Gasteiger partial charge in [-0.3, -0.25) is 8.89 Å². The summed E-state index contributed by atoms with van der Waals surface area (Å²) in [4.78, 5) is 0. The number of nitrogens with zero attached hydrogens (tertiary/aromatic N) is 2. The third-order valence-corrected chi connectivity index (χ3v) is 6.92. The largest absolute Gasteiger partial charge is 0.760 e. The minimum absolute atomic E-state index is 0.174. The summed E-state index contributed by atoms with van der Waals surface area (Å²) >= 11 is -2.51. The lowest BCUT2D eigenvalue weighted by molar-refractivity contribution is -0.0604. The summed E-state index contributed by atoms with van der Waals surface area (Å²) in [5.74, 6) is 0.524. The summed E-state index contributed by atoms with van der Waals surface area (Å²) in [6, 6.07) is 22.1. The van der Waals surface area contributed by atoms with Gasteiger partial charge in [0.1, 0.15) is 11.4 Å². The van der Waals surface area contributed by atoms with Crippen LogP contribution in [-0.4, -0.2) is 36.8 Å².